The summed E-state index contributed by atoms with van der Waals surface area (Å²) in [5.74, 6) is 1.35. The molecule has 0 aliphatic heterocycles. The van der Waals surface area contributed by atoms with Crippen molar-refractivity contribution in [3.63, 3.8) is 0 Å². The third-order valence-corrected chi connectivity index (χ3v) is 5.87. The fourth-order valence-corrected chi connectivity index (χ4v) is 3.45. The lowest BCUT2D eigenvalue weighted by atomic mass is 10.0. The molecule has 0 spiro atoms. The van der Waals surface area contributed by atoms with Gasteiger partial charge in [-0.3, -0.25) is 5.41 Å². The molecule has 0 radical (unpaired) electrons. The number of H-pyrrole nitrogens is 1. The number of nitrogen functional groups attached to an aromatic ring is 2. The van der Waals surface area contributed by atoms with E-state index in [0.29, 0.717) is 17.3 Å². The van der Waals surface area contributed by atoms with Gasteiger partial charge in [0.2, 0.25) is 0 Å². The van der Waals surface area contributed by atoms with Gasteiger partial charge in [-0.15, -0.1) is 35.6 Å². The van der Waals surface area contributed by atoms with E-state index in [-0.39, 0.29) is 23.5 Å². The highest BCUT2D eigenvalue weighted by Gasteiger charge is 2.04. The van der Waals surface area contributed by atoms with Crippen molar-refractivity contribution in [2.45, 2.75) is 75.1 Å². The van der Waals surface area contributed by atoms with E-state index in [1.165, 1.54) is 11.1 Å². The highest BCUT2D eigenvalue weighted by atomic mass is 35.5. The Morgan fingerprint density at radius 2 is 1.00 bits per heavy atom. The highest BCUT2D eigenvalue weighted by Crippen LogP contribution is 2.25. The zero-order chi connectivity index (χ0) is 37.9. The summed E-state index contributed by atoms with van der Waals surface area (Å²) in [5.41, 5.74) is 29.3. The molecule has 0 saturated heterocycles. The minimum absolute atomic E-state index is 0. The summed E-state index contributed by atoms with van der Waals surface area (Å²) < 4.78 is 0. The summed E-state index contributed by atoms with van der Waals surface area (Å²) in [4.78, 5) is 7.59. The second-order valence-corrected chi connectivity index (χ2v) is 8.65. The number of nitrogens with one attached hydrogen (secondary N) is 4. The quantitative estimate of drug-likeness (QED) is 0.0468. The maximum atomic E-state index is 6.38. The van der Waals surface area contributed by atoms with Gasteiger partial charge in [0.25, 0.3) is 0 Å². The van der Waals surface area contributed by atoms with Gasteiger partial charge < -0.3 is 16.5 Å². The number of imidazole rings is 1. The molecule has 49 heavy (non-hydrogen) atoms. The van der Waals surface area contributed by atoms with Gasteiger partial charge in [0, 0.05) is 0 Å². The SMILES string of the molecule is CC.CC.CC.CC.CC.Cl.ClCc1nc2ccc(-c3ccccc3)cc2[nH]1.N=C(Cl)CCl.N=N.Nc1ccc(-c2ccccc2)cc1N. The van der Waals surface area contributed by atoms with Crippen LogP contribution in [0.5, 0.6) is 0 Å². The third kappa shape index (κ3) is 23.4. The van der Waals surface area contributed by atoms with E-state index >= 15 is 0 Å². The van der Waals surface area contributed by atoms with Crippen molar-refractivity contribution < 1.29 is 0 Å². The largest absolute Gasteiger partial charge is 0.397 e. The number of rotatable bonds is 4. The molecule has 0 bridgehead atoms. The first-order valence-corrected chi connectivity index (χ1v) is 17.7. The molecular weight excluding hydrogens is 696 g/mol. The maximum Gasteiger partial charge on any atom is 0.122 e. The van der Waals surface area contributed by atoms with Gasteiger partial charge in [-0.1, -0.05) is 154 Å². The minimum atomic E-state index is -0.00772. The maximum absolute atomic E-state index is 6.38. The Morgan fingerprint density at radius 1 is 0.612 bits per heavy atom. The van der Waals surface area contributed by atoms with Gasteiger partial charge >= 0.3 is 0 Å². The van der Waals surface area contributed by atoms with Gasteiger partial charge in [-0.05, 0) is 46.5 Å². The molecule has 11 heteroatoms. The smallest absolute Gasteiger partial charge is 0.122 e. The van der Waals surface area contributed by atoms with Crippen molar-refractivity contribution in [1.29, 1.82) is 16.5 Å². The molecule has 5 rings (SSSR count). The van der Waals surface area contributed by atoms with Crippen molar-refractivity contribution in [3.8, 4) is 22.3 Å². The Kier molecular flexibility index (Phi) is 43.4. The Labute approximate surface area is 317 Å². The molecule has 8 N–H and O–H groups in total. The molecule has 0 atom stereocenters. The van der Waals surface area contributed by atoms with Crippen LogP contribution < -0.4 is 11.5 Å². The Morgan fingerprint density at radius 3 is 1.37 bits per heavy atom. The van der Waals surface area contributed by atoms with Gasteiger partial charge in [0.05, 0.1) is 34.2 Å². The fraction of sp³-hybridized carbons (Fsp3) is 0.316. The Balaban J connectivity index is -0.000000182. The van der Waals surface area contributed by atoms with Crippen LogP contribution >= 0.6 is 47.2 Å². The molecule has 1 heterocycles. The fourth-order valence-electron chi connectivity index (χ4n) is 3.32. The molecule has 0 unspecified atom stereocenters. The van der Waals surface area contributed by atoms with Crippen molar-refractivity contribution in [3.05, 3.63) is 103 Å². The standard InChI is InChI=1S/C14H11ClN2.C12H12N2.C2H3Cl2N.5C2H6.ClH.H2N2/c15-9-14-16-12-7-6-11(8-13(12)17-14)10-4-2-1-3-5-10;13-11-7-6-10(8-12(11)14)9-4-2-1-3-5-9;3-1-2(4)5;5*1-2;;1-2/h1-8H,9H2,(H,16,17);1-8H,13-14H2;5H,1H2;5*1-2H3;1H;1-2H. The normalized spacial score (nSPS) is 8.10. The average Bonchev–Trinajstić information content (AvgIpc) is 3.62. The predicted molar refractivity (Wildman–Crippen MR) is 226 cm³/mol. The molecule has 7 nitrogen and oxygen atoms in total. The number of hydrogen-bond donors (Lipinski definition) is 6. The summed E-state index contributed by atoms with van der Waals surface area (Å²) in [5, 5.41) is 6.37. The molecule has 0 saturated carbocycles. The van der Waals surface area contributed by atoms with Crippen molar-refractivity contribution in [2.75, 3.05) is 17.3 Å². The number of nitrogens with zero attached hydrogens (tertiary/aromatic N) is 1. The van der Waals surface area contributed by atoms with E-state index in [0.717, 1.165) is 28.0 Å². The number of fused-ring (bicyclic) bond motifs is 1. The predicted octanol–water partition coefficient (Wildman–Crippen LogP) is 14.1. The monoisotopic (exact) mass is 753 g/mol. The number of hydrogen-bond acceptors (Lipinski definition) is 6. The molecule has 0 aliphatic carbocycles. The number of aromatic nitrogens is 2. The van der Waals surface area contributed by atoms with Crippen molar-refractivity contribution in [2.24, 2.45) is 0 Å². The summed E-state index contributed by atoms with van der Waals surface area (Å²) in [6.07, 6.45) is 0. The van der Waals surface area contributed by atoms with Crippen molar-refractivity contribution in [1.82, 2.24) is 9.97 Å². The van der Waals surface area contributed by atoms with Crippen LogP contribution in [0, 0.1) is 16.5 Å². The van der Waals surface area contributed by atoms with Crippen LogP contribution in [0.4, 0.5) is 11.4 Å². The lowest BCUT2D eigenvalue weighted by Crippen LogP contribution is -1.94. The number of aromatic amines is 1. The lowest BCUT2D eigenvalue weighted by molar-refractivity contribution is 1.05. The zero-order valence-corrected chi connectivity index (χ0v) is 33.9. The number of benzene rings is 4. The van der Waals surface area contributed by atoms with Gasteiger partial charge in [0.15, 0.2) is 0 Å². The van der Waals surface area contributed by atoms with E-state index in [1.807, 2.05) is 142 Å². The van der Waals surface area contributed by atoms with Crippen LogP contribution in [-0.4, -0.2) is 21.0 Å². The molecular formula is C38H59Cl4N7. The number of nitrogens with two attached hydrogens (primary N) is 2. The molecule has 1 aromatic heterocycles. The van der Waals surface area contributed by atoms with E-state index in [2.05, 4.69) is 34.2 Å². The zero-order valence-electron chi connectivity index (χ0n) is 30.8. The van der Waals surface area contributed by atoms with Crippen LogP contribution in [0.3, 0.4) is 0 Å². The molecule has 4 aromatic carbocycles. The number of halogens is 4. The third-order valence-electron chi connectivity index (χ3n) is 5.08. The molecule has 274 valence electrons. The van der Waals surface area contributed by atoms with E-state index in [1.54, 1.807) is 0 Å². The highest BCUT2D eigenvalue weighted by molar-refractivity contribution is 6.68. The van der Waals surface area contributed by atoms with Gasteiger partial charge in [0.1, 0.15) is 11.0 Å². The summed E-state index contributed by atoms with van der Waals surface area (Å²) in [7, 11) is 0. The molecule has 0 aliphatic rings. The topological polar surface area (TPSA) is 152 Å². The van der Waals surface area contributed by atoms with Gasteiger partial charge in [-0.25, -0.2) is 16.0 Å². The Bertz CT molecular complexity index is 1430. The van der Waals surface area contributed by atoms with E-state index in [9.17, 15) is 0 Å². The van der Waals surface area contributed by atoms with Crippen LogP contribution in [0.1, 0.15) is 75.1 Å². The van der Waals surface area contributed by atoms with Crippen LogP contribution in [-0.2, 0) is 5.88 Å². The first kappa shape index (κ1) is 54.8. The number of anilines is 2. The minimum Gasteiger partial charge on any atom is -0.397 e. The second kappa shape index (κ2) is 38.8. The van der Waals surface area contributed by atoms with Crippen LogP contribution in [0.2, 0.25) is 0 Å². The lowest BCUT2D eigenvalue weighted by Gasteiger charge is -2.04. The molecule has 0 amide bonds. The van der Waals surface area contributed by atoms with Crippen molar-refractivity contribution >= 4 is 74.8 Å². The van der Waals surface area contributed by atoms with E-state index in [4.69, 9.17) is 62.7 Å². The van der Waals surface area contributed by atoms with Crippen LogP contribution in [0.25, 0.3) is 33.3 Å². The molecule has 0 fully saturated rings. The number of alkyl halides is 2. The summed E-state index contributed by atoms with van der Waals surface area (Å²) >= 11 is 15.7. The first-order valence-electron chi connectivity index (χ1n) is 16.3. The first-order chi connectivity index (χ1) is 23.4. The molecule has 5 aromatic rings. The Hall–Kier alpha value is -3.62. The van der Waals surface area contributed by atoms with E-state index < -0.39 is 0 Å². The van der Waals surface area contributed by atoms with Gasteiger partial charge in [-0.2, -0.15) is 0 Å². The second-order valence-electron chi connectivity index (χ2n) is 7.66. The summed E-state index contributed by atoms with van der Waals surface area (Å²) in [6, 6.07) is 32.3. The average molecular weight is 756 g/mol. The summed E-state index contributed by atoms with van der Waals surface area (Å²) in [6.45, 7) is 20.0. The van der Waals surface area contributed by atoms with Crippen LogP contribution in [0.15, 0.2) is 97.1 Å².